The van der Waals surface area contributed by atoms with E-state index in [1.807, 2.05) is 29.2 Å². The second-order valence-corrected chi connectivity index (χ2v) is 6.37. The Hall–Kier alpha value is -1.50. The fraction of sp³-hybridized carbons (Fsp3) is 0.400. The predicted octanol–water partition coefficient (Wildman–Crippen LogP) is 2.64. The normalized spacial score (nSPS) is 16.0. The van der Waals surface area contributed by atoms with E-state index in [1.165, 1.54) is 11.5 Å². The van der Waals surface area contributed by atoms with Crippen molar-refractivity contribution in [2.45, 2.75) is 6.92 Å². The summed E-state index contributed by atoms with van der Waals surface area (Å²) in [5.74, 6) is -0.0329. The molecule has 2 aromatic rings. The number of hydrogen-bond donors (Lipinski definition) is 0. The van der Waals surface area contributed by atoms with E-state index >= 15 is 0 Å². The topological polar surface area (TPSA) is 49.3 Å². The van der Waals surface area contributed by atoms with Gasteiger partial charge in [0.15, 0.2) is 5.69 Å². The monoisotopic (exact) mass is 336 g/mol. The molecule has 1 aromatic carbocycles. The molecule has 0 unspecified atom stereocenters. The molecule has 116 valence electrons. The molecule has 2 heterocycles. The molecule has 0 aliphatic carbocycles. The van der Waals surface area contributed by atoms with Gasteiger partial charge in [0.1, 0.15) is 0 Å². The molecule has 0 bridgehead atoms. The van der Waals surface area contributed by atoms with Crippen molar-refractivity contribution in [1.82, 2.24) is 19.4 Å². The van der Waals surface area contributed by atoms with Gasteiger partial charge >= 0.3 is 0 Å². The van der Waals surface area contributed by atoms with Gasteiger partial charge < -0.3 is 9.80 Å². The van der Waals surface area contributed by atoms with Gasteiger partial charge in [0, 0.05) is 31.2 Å². The summed E-state index contributed by atoms with van der Waals surface area (Å²) in [6.45, 7) is 6.47. The molecule has 1 aliphatic heterocycles. The van der Waals surface area contributed by atoms with E-state index in [0.29, 0.717) is 10.7 Å². The van der Waals surface area contributed by atoms with Crippen LogP contribution >= 0.6 is 23.1 Å². The summed E-state index contributed by atoms with van der Waals surface area (Å²) in [6.07, 6.45) is 0. The van der Waals surface area contributed by atoms with Gasteiger partial charge in [0.05, 0.1) is 4.88 Å². The number of piperazine rings is 1. The van der Waals surface area contributed by atoms with Crippen LogP contribution in [0.25, 0.3) is 10.4 Å². The third-order valence-electron chi connectivity index (χ3n) is 3.90. The minimum atomic E-state index is -0.0329. The molecule has 0 spiro atoms. The highest BCUT2D eigenvalue weighted by atomic mass is 35.5. The van der Waals surface area contributed by atoms with Gasteiger partial charge in [-0.15, -0.1) is 5.10 Å². The van der Waals surface area contributed by atoms with Gasteiger partial charge in [-0.25, -0.2) is 0 Å². The Balaban J connectivity index is 1.80. The zero-order valence-corrected chi connectivity index (χ0v) is 13.9. The van der Waals surface area contributed by atoms with Gasteiger partial charge in [-0.1, -0.05) is 35.1 Å². The lowest BCUT2D eigenvalue weighted by Gasteiger charge is -2.33. The van der Waals surface area contributed by atoms with Crippen LogP contribution in [-0.4, -0.2) is 58.0 Å². The molecule has 3 rings (SSSR count). The second kappa shape index (κ2) is 6.73. The number of hydrogen-bond acceptors (Lipinski definition) is 5. The molecule has 0 atom stereocenters. The molecule has 1 fully saturated rings. The fourth-order valence-corrected chi connectivity index (χ4v) is 3.32. The third-order valence-corrected chi connectivity index (χ3v) is 4.93. The van der Waals surface area contributed by atoms with Crippen LogP contribution in [0, 0.1) is 0 Å². The van der Waals surface area contributed by atoms with Crippen molar-refractivity contribution in [2.75, 3.05) is 32.7 Å². The molecule has 22 heavy (non-hydrogen) atoms. The van der Waals surface area contributed by atoms with Crippen molar-refractivity contribution >= 4 is 29.0 Å². The molecule has 1 aliphatic rings. The van der Waals surface area contributed by atoms with Gasteiger partial charge in [-0.3, -0.25) is 4.79 Å². The highest BCUT2D eigenvalue weighted by Crippen LogP contribution is 2.28. The molecule has 1 aromatic heterocycles. The molecule has 0 saturated carbocycles. The summed E-state index contributed by atoms with van der Waals surface area (Å²) >= 11 is 7.16. The Labute approximate surface area is 138 Å². The molecule has 7 heteroatoms. The van der Waals surface area contributed by atoms with Crippen molar-refractivity contribution in [3.8, 4) is 10.4 Å². The molecule has 1 amide bonds. The first-order valence-corrected chi connectivity index (χ1v) is 8.44. The summed E-state index contributed by atoms with van der Waals surface area (Å²) in [5, 5.41) is 4.73. The minimum Gasteiger partial charge on any atom is -0.335 e. The Morgan fingerprint density at radius 3 is 2.55 bits per heavy atom. The first-order valence-electron chi connectivity index (χ1n) is 7.29. The van der Waals surface area contributed by atoms with Crippen LogP contribution in [0.4, 0.5) is 0 Å². The Morgan fingerprint density at radius 2 is 1.91 bits per heavy atom. The quantitative estimate of drug-likeness (QED) is 0.864. The van der Waals surface area contributed by atoms with Crippen LogP contribution in [-0.2, 0) is 0 Å². The highest BCUT2D eigenvalue weighted by Gasteiger charge is 2.26. The number of likely N-dealkylation sites (N-methyl/N-ethyl adjacent to an activating group) is 1. The lowest BCUT2D eigenvalue weighted by molar-refractivity contribution is 0.0638. The van der Waals surface area contributed by atoms with Gasteiger partial charge in [0.2, 0.25) is 0 Å². The standard InChI is InChI=1S/C15H17ClN4OS/c1-2-19-7-9-20(10-8-19)15(21)13-14(22-18-17-13)11-3-5-12(16)6-4-11/h3-6H,2,7-10H2,1H3. The van der Waals surface area contributed by atoms with Crippen molar-refractivity contribution in [3.05, 3.63) is 35.0 Å². The van der Waals surface area contributed by atoms with E-state index in [-0.39, 0.29) is 5.91 Å². The lowest BCUT2D eigenvalue weighted by Crippen LogP contribution is -2.48. The van der Waals surface area contributed by atoms with Crippen LogP contribution < -0.4 is 0 Å². The number of nitrogens with zero attached hydrogens (tertiary/aromatic N) is 4. The zero-order chi connectivity index (χ0) is 15.5. The number of carbonyl (C=O) groups excluding carboxylic acids is 1. The van der Waals surface area contributed by atoms with Crippen LogP contribution in [0.15, 0.2) is 24.3 Å². The van der Waals surface area contributed by atoms with Crippen molar-refractivity contribution in [3.63, 3.8) is 0 Å². The Kier molecular flexibility index (Phi) is 4.71. The number of benzene rings is 1. The fourth-order valence-electron chi connectivity index (χ4n) is 2.54. The van der Waals surface area contributed by atoms with Gasteiger partial charge in [-0.2, -0.15) is 0 Å². The van der Waals surface area contributed by atoms with Crippen LogP contribution in [0.3, 0.4) is 0 Å². The van der Waals surface area contributed by atoms with E-state index in [0.717, 1.165) is 43.2 Å². The van der Waals surface area contributed by atoms with Gasteiger partial charge in [-0.05, 0) is 35.8 Å². The minimum absolute atomic E-state index is 0.0329. The summed E-state index contributed by atoms with van der Waals surface area (Å²) in [5.41, 5.74) is 1.37. The Morgan fingerprint density at radius 1 is 1.23 bits per heavy atom. The maximum Gasteiger partial charge on any atom is 0.276 e. The zero-order valence-electron chi connectivity index (χ0n) is 12.3. The van der Waals surface area contributed by atoms with E-state index in [9.17, 15) is 4.79 Å². The van der Waals surface area contributed by atoms with Crippen LogP contribution in [0.5, 0.6) is 0 Å². The molecular weight excluding hydrogens is 320 g/mol. The first kappa shape index (κ1) is 15.4. The van der Waals surface area contributed by atoms with E-state index in [1.54, 1.807) is 0 Å². The maximum atomic E-state index is 12.7. The summed E-state index contributed by atoms with van der Waals surface area (Å²) in [4.78, 5) is 17.7. The second-order valence-electron chi connectivity index (χ2n) is 5.18. The van der Waals surface area contributed by atoms with Crippen molar-refractivity contribution in [2.24, 2.45) is 0 Å². The highest BCUT2D eigenvalue weighted by molar-refractivity contribution is 7.09. The van der Waals surface area contributed by atoms with E-state index < -0.39 is 0 Å². The lowest BCUT2D eigenvalue weighted by atomic mass is 10.1. The molecule has 5 nitrogen and oxygen atoms in total. The number of halogens is 1. The SMILES string of the molecule is CCN1CCN(C(=O)c2nnsc2-c2ccc(Cl)cc2)CC1. The smallest absolute Gasteiger partial charge is 0.276 e. The molecular formula is C15H17ClN4OS. The van der Waals surface area contributed by atoms with Crippen LogP contribution in [0.1, 0.15) is 17.4 Å². The first-order chi connectivity index (χ1) is 10.7. The Bertz CT molecular complexity index is 650. The van der Waals surface area contributed by atoms with E-state index in [4.69, 9.17) is 11.6 Å². The van der Waals surface area contributed by atoms with E-state index in [2.05, 4.69) is 21.4 Å². The molecule has 0 radical (unpaired) electrons. The summed E-state index contributed by atoms with van der Waals surface area (Å²) in [6, 6.07) is 7.41. The van der Waals surface area contributed by atoms with Crippen LogP contribution in [0.2, 0.25) is 5.02 Å². The number of rotatable bonds is 3. The maximum absolute atomic E-state index is 12.7. The molecule has 1 saturated heterocycles. The largest absolute Gasteiger partial charge is 0.335 e. The number of amides is 1. The van der Waals surface area contributed by atoms with Crippen molar-refractivity contribution in [1.29, 1.82) is 0 Å². The predicted molar refractivity (Wildman–Crippen MR) is 88.4 cm³/mol. The average Bonchev–Trinajstić information content (AvgIpc) is 3.04. The average molecular weight is 337 g/mol. The summed E-state index contributed by atoms with van der Waals surface area (Å²) in [7, 11) is 0. The molecule has 0 N–H and O–H groups in total. The number of carbonyl (C=O) groups is 1. The van der Waals surface area contributed by atoms with Crippen molar-refractivity contribution < 1.29 is 4.79 Å². The third kappa shape index (κ3) is 3.14. The summed E-state index contributed by atoms with van der Waals surface area (Å²) < 4.78 is 3.97. The number of aromatic nitrogens is 2. The van der Waals surface area contributed by atoms with Gasteiger partial charge in [0.25, 0.3) is 5.91 Å².